The third-order valence-corrected chi connectivity index (χ3v) is 3.85. The first-order valence-corrected chi connectivity index (χ1v) is 7.06. The maximum atomic E-state index is 9.24. The van der Waals surface area contributed by atoms with Crippen molar-refractivity contribution in [2.24, 2.45) is 0 Å². The number of fused-ring (bicyclic) bond motifs is 1. The highest BCUT2D eigenvalue weighted by Gasteiger charge is 2.24. The van der Waals surface area contributed by atoms with Gasteiger partial charge >= 0.3 is 0 Å². The van der Waals surface area contributed by atoms with Crippen LogP contribution in [0.1, 0.15) is 36.5 Å². The van der Waals surface area contributed by atoms with Crippen LogP contribution in [0.15, 0.2) is 24.4 Å². The molecule has 0 saturated carbocycles. The van der Waals surface area contributed by atoms with E-state index >= 15 is 0 Å². The Kier molecular flexibility index (Phi) is 3.26. The minimum atomic E-state index is 0.444. The second-order valence-corrected chi connectivity index (χ2v) is 5.54. The number of nitrogens with two attached hydrogens (primary N) is 1. The van der Waals surface area contributed by atoms with E-state index in [0.29, 0.717) is 23.8 Å². The van der Waals surface area contributed by atoms with Crippen molar-refractivity contribution in [3.8, 4) is 23.1 Å². The Morgan fingerprint density at radius 1 is 1.38 bits per heavy atom. The van der Waals surface area contributed by atoms with Gasteiger partial charge in [0.15, 0.2) is 0 Å². The highest BCUT2D eigenvalue weighted by Crippen LogP contribution is 2.40. The number of anilines is 1. The summed E-state index contributed by atoms with van der Waals surface area (Å²) in [6.07, 6.45) is 2.61. The fraction of sp³-hybridized carbons (Fsp3) is 0.294. The maximum Gasteiger partial charge on any atom is 0.133 e. The largest absolute Gasteiger partial charge is 0.492 e. The van der Waals surface area contributed by atoms with Gasteiger partial charge in [0.2, 0.25) is 0 Å². The van der Waals surface area contributed by atoms with Crippen molar-refractivity contribution in [2.75, 3.05) is 12.3 Å². The lowest BCUT2D eigenvalue weighted by Gasteiger charge is -2.12. The summed E-state index contributed by atoms with van der Waals surface area (Å²) >= 11 is 0. The number of ether oxygens (including phenoxy) is 1. The summed E-state index contributed by atoms with van der Waals surface area (Å²) in [5.41, 5.74) is 10.8. The van der Waals surface area contributed by atoms with E-state index in [1.165, 1.54) is 5.56 Å². The lowest BCUT2D eigenvalue weighted by atomic mass is 9.97. The van der Waals surface area contributed by atoms with Crippen LogP contribution in [0.3, 0.4) is 0 Å². The Morgan fingerprint density at radius 3 is 2.81 bits per heavy atom. The van der Waals surface area contributed by atoms with Crippen LogP contribution in [0.4, 0.5) is 5.69 Å². The zero-order valence-corrected chi connectivity index (χ0v) is 12.2. The second kappa shape index (κ2) is 5.10. The van der Waals surface area contributed by atoms with Gasteiger partial charge in [0, 0.05) is 23.7 Å². The molecule has 0 amide bonds. The molecule has 2 heterocycles. The first kappa shape index (κ1) is 13.4. The van der Waals surface area contributed by atoms with Crippen molar-refractivity contribution < 1.29 is 4.74 Å². The molecular weight excluding hydrogens is 262 g/mol. The Labute approximate surface area is 124 Å². The van der Waals surface area contributed by atoms with E-state index in [2.05, 4.69) is 31.0 Å². The molecule has 0 radical (unpaired) electrons. The fourth-order valence-electron chi connectivity index (χ4n) is 2.63. The van der Waals surface area contributed by atoms with E-state index in [0.717, 1.165) is 29.0 Å². The topological polar surface area (TPSA) is 71.9 Å². The summed E-state index contributed by atoms with van der Waals surface area (Å²) in [5.74, 6) is 1.20. The molecule has 0 fully saturated rings. The molecule has 0 atom stereocenters. The molecule has 21 heavy (non-hydrogen) atoms. The molecule has 4 nitrogen and oxygen atoms in total. The Balaban J connectivity index is 2.13. The molecule has 2 aromatic rings. The molecule has 4 heteroatoms. The zero-order valence-electron chi connectivity index (χ0n) is 12.2. The minimum Gasteiger partial charge on any atom is -0.492 e. The van der Waals surface area contributed by atoms with E-state index < -0.39 is 0 Å². The summed E-state index contributed by atoms with van der Waals surface area (Å²) in [6, 6.07) is 8.02. The lowest BCUT2D eigenvalue weighted by molar-refractivity contribution is 0.358. The van der Waals surface area contributed by atoms with Gasteiger partial charge in [0.05, 0.1) is 23.6 Å². The molecule has 0 bridgehead atoms. The SMILES string of the molecule is CC(C)c1ccc(-c2cc(N)c(C#N)c3c2OCC3)nc1. The van der Waals surface area contributed by atoms with Crippen molar-refractivity contribution >= 4 is 5.69 Å². The van der Waals surface area contributed by atoms with Gasteiger partial charge in [-0.15, -0.1) is 0 Å². The van der Waals surface area contributed by atoms with E-state index in [9.17, 15) is 5.26 Å². The van der Waals surface area contributed by atoms with Gasteiger partial charge in [-0.1, -0.05) is 19.9 Å². The van der Waals surface area contributed by atoms with Crippen molar-refractivity contribution in [1.29, 1.82) is 5.26 Å². The van der Waals surface area contributed by atoms with Gasteiger partial charge in [-0.2, -0.15) is 5.26 Å². The van der Waals surface area contributed by atoms with Crippen molar-refractivity contribution in [3.63, 3.8) is 0 Å². The van der Waals surface area contributed by atoms with Gasteiger partial charge < -0.3 is 10.5 Å². The number of hydrogen-bond donors (Lipinski definition) is 1. The van der Waals surface area contributed by atoms with Crippen LogP contribution in [0.2, 0.25) is 0 Å². The minimum absolute atomic E-state index is 0.444. The summed E-state index contributed by atoms with van der Waals surface area (Å²) in [6.45, 7) is 4.86. The van der Waals surface area contributed by atoms with Crippen LogP contribution in [-0.2, 0) is 6.42 Å². The molecule has 0 unspecified atom stereocenters. The van der Waals surface area contributed by atoms with Crippen LogP contribution in [0, 0.1) is 11.3 Å². The third kappa shape index (κ3) is 2.21. The standard InChI is InChI=1S/C17H17N3O/c1-10(2)11-3-4-16(20-9-11)13-7-15(19)14(8-18)12-5-6-21-17(12)13/h3-4,7,9-10H,5-6,19H2,1-2H3. The van der Waals surface area contributed by atoms with E-state index in [4.69, 9.17) is 10.5 Å². The monoisotopic (exact) mass is 279 g/mol. The number of aromatic nitrogens is 1. The number of hydrogen-bond acceptors (Lipinski definition) is 4. The normalized spacial score (nSPS) is 12.9. The zero-order chi connectivity index (χ0) is 15.0. The van der Waals surface area contributed by atoms with E-state index in [1.807, 2.05) is 12.3 Å². The Hall–Kier alpha value is -2.54. The Morgan fingerprint density at radius 2 is 2.19 bits per heavy atom. The molecule has 0 aliphatic carbocycles. The predicted octanol–water partition coefficient (Wildman–Crippen LogP) is 3.26. The lowest BCUT2D eigenvalue weighted by Crippen LogP contribution is -1.98. The first-order valence-electron chi connectivity index (χ1n) is 7.06. The van der Waals surface area contributed by atoms with Crippen molar-refractivity contribution in [1.82, 2.24) is 4.98 Å². The quantitative estimate of drug-likeness (QED) is 0.856. The predicted molar refractivity (Wildman–Crippen MR) is 82.1 cm³/mol. The summed E-state index contributed by atoms with van der Waals surface area (Å²) < 4.78 is 5.71. The molecule has 1 aromatic heterocycles. The number of rotatable bonds is 2. The number of nitrogens with zero attached hydrogens (tertiary/aromatic N) is 2. The van der Waals surface area contributed by atoms with Crippen molar-refractivity contribution in [2.45, 2.75) is 26.2 Å². The van der Waals surface area contributed by atoms with Gasteiger partial charge in [-0.05, 0) is 23.6 Å². The van der Waals surface area contributed by atoms with Gasteiger partial charge in [0.25, 0.3) is 0 Å². The molecule has 0 saturated heterocycles. The fourth-order valence-corrected chi connectivity index (χ4v) is 2.63. The van der Waals surface area contributed by atoms with Crippen molar-refractivity contribution in [3.05, 3.63) is 41.1 Å². The highest BCUT2D eigenvalue weighted by molar-refractivity contribution is 5.79. The molecule has 0 spiro atoms. The van der Waals surface area contributed by atoms with Crippen LogP contribution < -0.4 is 10.5 Å². The highest BCUT2D eigenvalue weighted by atomic mass is 16.5. The molecule has 1 aliphatic rings. The van der Waals surface area contributed by atoms with Crippen LogP contribution in [-0.4, -0.2) is 11.6 Å². The van der Waals surface area contributed by atoms with E-state index in [-0.39, 0.29) is 0 Å². The average Bonchev–Trinajstić information content (AvgIpc) is 2.96. The van der Waals surface area contributed by atoms with Gasteiger partial charge in [0.1, 0.15) is 11.8 Å². The van der Waals surface area contributed by atoms with Crippen LogP contribution >= 0.6 is 0 Å². The first-order chi connectivity index (χ1) is 10.1. The molecule has 106 valence electrons. The molecule has 1 aromatic carbocycles. The van der Waals surface area contributed by atoms with Crippen LogP contribution in [0.25, 0.3) is 11.3 Å². The Bertz CT molecular complexity index is 727. The summed E-state index contributed by atoms with van der Waals surface area (Å²) in [5, 5.41) is 9.24. The smallest absolute Gasteiger partial charge is 0.133 e. The summed E-state index contributed by atoms with van der Waals surface area (Å²) in [7, 11) is 0. The summed E-state index contributed by atoms with van der Waals surface area (Å²) in [4.78, 5) is 4.53. The molecule has 3 rings (SSSR count). The second-order valence-electron chi connectivity index (χ2n) is 5.54. The van der Waals surface area contributed by atoms with E-state index in [1.54, 1.807) is 6.07 Å². The third-order valence-electron chi connectivity index (χ3n) is 3.85. The molecule has 2 N–H and O–H groups in total. The molecule has 1 aliphatic heterocycles. The number of pyridine rings is 1. The number of nitrogen functional groups attached to an aromatic ring is 1. The number of nitriles is 1. The van der Waals surface area contributed by atoms with Gasteiger partial charge in [-0.25, -0.2) is 0 Å². The van der Waals surface area contributed by atoms with Gasteiger partial charge in [-0.3, -0.25) is 4.98 Å². The maximum absolute atomic E-state index is 9.24. The average molecular weight is 279 g/mol. The molecular formula is C17H17N3O. The van der Waals surface area contributed by atoms with Crippen LogP contribution in [0.5, 0.6) is 5.75 Å². The number of benzene rings is 1.